The SMILES string of the molecule is CC[C@H](Oc1ccc(OC)cc1)C(=O)N[C@H](C)c1cc(C)c(C)cc1C. The first kappa shape index (κ1) is 19.8. The Balaban J connectivity index is 2.07. The largest absolute Gasteiger partial charge is 0.497 e. The molecule has 0 aliphatic carbocycles. The lowest BCUT2D eigenvalue weighted by Gasteiger charge is -2.22. The summed E-state index contributed by atoms with van der Waals surface area (Å²) in [6.07, 6.45) is 0.0638. The number of amides is 1. The second-order valence-corrected chi connectivity index (χ2v) is 6.71. The van der Waals surface area contributed by atoms with Crippen LogP contribution in [0.2, 0.25) is 0 Å². The zero-order valence-electron chi connectivity index (χ0n) is 16.6. The molecule has 0 saturated heterocycles. The molecule has 26 heavy (non-hydrogen) atoms. The monoisotopic (exact) mass is 355 g/mol. The summed E-state index contributed by atoms with van der Waals surface area (Å²) in [5, 5.41) is 3.09. The Bertz CT molecular complexity index is 753. The van der Waals surface area contributed by atoms with Gasteiger partial charge in [-0.3, -0.25) is 4.79 Å². The van der Waals surface area contributed by atoms with E-state index in [9.17, 15) is 4.79 Å². The van der Waals surface area contributed by atoms with Crippen molar-refractivity contribution in [1.29, 1.82) is 0 Å². The zero-order chi connectivity index (χ0) is 19.3. The first-order valence-electron chi connectivity index (χ1n) is 9.04. The number of ether oxygens (including phenoxy) is 2. The third-order valence-electron chi connectivity index (χ3n) is 4.71. The first-order valence-corrected chi connectivity index (χ1v) is 9.04. The molecule has 1 amide bonds. The van der Waals surface area contributed by atoms with Gasteiger partial charge in [0.2, 0.25) is 0 Å². The molecule has 0 aliphatic rings. The van der Waals surface area contributed by atoms with Gasteiger partial charge in [-0.15, -0.1) is 0 Å². The number of hydrogen-bond acceptors (Lipinski definition) is 3. The Kier molecular flexibility index (Phi) is 6.67. The molecule has 2 rings (SSSR count). The van der Waals surface area contributed by atoms with Gasteiger partial charge in [0.1, 0.15) is 11.5 Å². The normalized spacial score (nSPS) is 13.0. The molecule has 0 heterocycles. The molecule has 1 N–H and O–H groups in total. The molecule has 0 bridgehead atoms. The van der Waals surface area contributed by atoms with Gasteiger partial charge in [-0.05, 0) is 80.6 Å². The highest BCUT2D eigenvalue weighted by molar-refractivity contribution is 5.81. The van der Waals surface area contributed by atoms with Crippen molar-refractivity contribution in [3.8, 4) is 11.5 Å². The lowest BCUT2D eigenvalue weighted by atomic mass is 9.96. The minimum Gasteiger partial charge on any atom is -0.497 e. The van der Waals surface area contributed by atoms with Crippen LogP contribution in [0.1, 0.15) is 48.6 Å². The van der Waals surface area contributed by atoms with Gasteiger partial charge in [0, 0.05) is 0 Å². The number of methoxy groups -OCH3 is 1. The van der Waals surface area contributed by atoms with Crippen molar-refractivity contribution >= 4 is 5.91 Å². The van der Waals surface area contributed by atoms with Crippen LogP contribution < -0.4 is 14.8 Å². The van der Waals surface area contributed by atoms with E-state index >= 15 is 0 Å². The van der Waals surface area contributed by atoms with E-state index in [1.807, 2.05) is 38.1 Å². The number of hydrogen-bond donors (Lipinski definition) is 1. The summed E-state index contributed by atoms with van der Waals surface area (Å²) in [6, 6.07) is 11.5. The van der Waals surface area contributed by atoms with E-state index in [0.717, 1.165) is 11.3 Å². The maximum atomic E-state index is 12.7. The van der Waals surface area contributed by atoms with Crippen LogP contribution >= 0.6 is 0 Å². The van der Waals surface area contributed by atoms with E-state index in [2.05, 4.69) is 38.2 Å². The fourth-order valence-corrected chi connectivity index (χ4v) is 2.97. The average Bonchev–Trinajstić information content (AvgIpc) is 2.62. The summed E-state index contributed by atoms with van der Waals surface area (Å²) in [5.74, 6) is 1.31. The maximum absolute atomic E-state index is 12.7. The van der Waals surface area contributed by atoms with E-state index in [-0.39, 0.29) is 11.9 Å². The van der Waals surface area contributed by atoms with Crippen LogP contribution in [0.15, 0.2) is 36.4 Å². The zero-order valence-corrected chi connectivity index (χ0v) is 16.6. The molecule has 2 atom stereocenters. The molecule has 4 heteroatoms. The molecule has 0 aromatic heterocycles. The second kappa shape index (κ2) is 8.75. The molecule has 0 unspecified atom stereocenters. The van der Waals surface area contributed by atoms with Crippen molar-refractivity contribution in [2.24, 2.45) is 0 Å². The van der Waals surface area contributed by atoms with E-state index in [0.29, 0.717) is 12.2 Å². The van der Waals surface area contributed by atoms with Crippen molar-refractivity contribution in [1.82, 2.24) is 5.32 Å². The third-order valence-corrected chi connectivity index (χ3v) is 4.71. The topological polar surface area (TPSA) is 47.6 Å². The van der Waals surface area contributed by atoms with Crippen LogP contribution in [0.4, 0.5) is 0 Å². The minimum atomic E-state index is -0.530. The van der Waals surface area contributed by atoms with E-state index in [4.69, 9.17) is 9.47 Å². The summed E-state index contributed by atoms with van der Waals surface area (Å²) in [7, 11) is 1.62. The lowest BCUT2D eigenvalue weighted by Crippen LogP contribution is -2.39. The summed E-state index contributed by atoms with van der Waals surface area (Å²) < 4.78 is 11.0. The number of benzene rings is 2. The molecule has 0 aliphatic heterocycles. The van der Waals surface area contributed by atoms with Gasteiger partial charge in [0.25, 0.3) is 5.91 Å². The van der Waals surface area contributed by atoms with Crippen LogP contribution in [0, 0.1) is 20.8 Å². The van der Waals surface area contributed by atoms with Crippen LogP contribution in [0.25, 0.3) is 0 Å². The Morgan fingerprint density at radius 1 is 1.00 bits per heavy atom. The number of aryl methyl sites for hydroxylation is 3. The molecule has 140 valence electrons. The lowest BCUT2D eigenvalue weighted by molar-refractivity contribution is -0.128. The predicted octanol–water partition coefficient (Wildman–Crippen LogP) is 4.66. The van der Waals surface area contributed by atoms with Crippen molar-refractivity contribution in [2.75, 3.05) is 7.11 Å². The van der Waals surface area contributed by atoms with Gasteiger partial charge in [-0.2, -0.15) is 0 Å². The standard InChI is InChI=1S/C22H29NO3/c1-7-21(26-19-10-8-18(25-6)9-11-19)22(24)23-17(5)20-13-15(3)14(2)12-16(20)4/h8-13,17,21H,7H2,1-6H3,(H,23,24)/t17-,21+/m1/s1. The summed E-state index contributed by atoms with van der Waals surface area (Å²) in [4.78, 5) is 12.7. The van der Waals surface area contributed by atoms with E-state index < -0.39 is 6.10 Å². The fourth-order valence-electron chi connectivity index (χ4n) is 2.97. The quantitative estimate of drug-likeness (QED) is 0.786. The molecule has 0 saturated carbocycles. The number of carbonyl (C=O) groups is 1. The molecule has 2 aromatic carbocycles. The van der Waals surface area contributed by atoms with Crippen LogP contribution in [0.5, 0.6) is 11.5 Å². The van der Waals surface area contributed by atoms with Crippen LogP contribution in [-0.4, -0.2) is 19.1 Å². The Morgan fingerprint density at radius 3 is 2.15 bits per heavy atom. The number of rotatable bonds is 7. The minimum absolute atomic E-state index is 0.0738. The van der Waals surface area contributed by atoms with Gasteiger partial charge in [-0.25, -0.2) is 0 Å². The summed E-state index contributed by atoms with van der Waals surface area (Å²) in [6.45, 7) is 10.2. The van der Waals surface area contributed by atoms with Crippen molar-refractivity contribution in [3.05, 3.63) is 58.7 Å². The maximum Gasteiger partial charge on any atom is 0.261 e. The Labute approximate surface area is 156 Å². The highest BCUT2D eigenvalue weighted by Crippen LogP contribution is 2.23. The molecular formula is C22H29NO3. The van der Waals surface area contributed by atoms with Gasteiger partial charge in [-0.1, -0.05) is 19.1 Å². The van der Waals surface area contributed by atoms with Gasteiger partial charge in [0.05, 0.1) is 13.2 Å². The Morgan fingerprint density at radius 2 is 1.58 bits per heavy atom. The van der Waals surface area contributed by atoms with E-state index in [1.165, 1.54) is 16.7 Å². The number of carbonyl (C=O) groups excluding carboxylic acids is 1. The highest BCUT2D eigenvalue weighted by Gasteiger charge is 2.21. The first-order chi connectivity index (χ1) is 12.3. The summed E-state index contributed by atoms with van der Waals surface area (Å²) in [5.41, 5.74) is 4.82. The fraction of sp³-hybridized carbons (Fsp3) is 0.409. The smallest absolute Gasteiger partial charge is 0.261 e. The van der Waals surface area contributed by atoms with Gasteiger partial charge >= 0.3 is 0 Å². The number of nitrogens with one attached hydrogen (secondary N) is 1. The van der Waals surface area contributed by atoms with Crippen molar-refractivity contribution < 1.29 is 14.3 Å². The second-order valence-electron chi connectivity index (χ2n) is 6.71. The average molecular weight is 355 g/mol. The van der Waals surface area contributed by atoms with Crippen LogP contribution in [0.3, 0.4) is 0 Å². The molecule has 4 nitrogen and oxygen atoms in total. The van der Waals surface area contributed by atoms with Crippen molar-refractivity contribution in [2.45, 2.75) is 53.2 Å². The van der Waals surface area contributed by atoms with Crippen molar-refractivity contribution in [3.63, 3.8) is 0 Å². The van der Waals surface area contributed by atoms with Gasteiger partial charge < -0.3 is 14.8 Å². The van der Waals surface area contributed by atoms with Crippen LogP contribution in [-0.2, 0) is 4.79 Å². The molecule has 0 fully saturated rings. The van der Waals surface area contributed by atoms with E-state index in [1.54, 1.807) is 7.11 Å². The third kappa shape index (κ3) is 4.78. The molecule has 0 radical (unpaired) electrons. The Hall–Kier alpha value is -2.49. The predicted molar refractivity (Wildman–Crippen MR) is 105 cm³/mol. The molecular weight excluding hydrogens is 326 g/mol. The molecule has 2 aromatic rings. The highest BCUT2D eigenvalue weighted by atomic mass is 16.5. The van der Waals surface area contributed by atoms with Gasteiger partial charge in [0.15, 0.2) is 6.10 Å². The molecule has 0 spiro atoms. The summed E-state index contributed by atoms with van der Waals surface area (Å²) >= 11 is 0.